The van der Waals surface area contributed by atoms with Gasteiger partial charge in [-0.3, -0.25) is 0 Å². The van der Waals surface area contributed by atoms with Crippen LogP contribution in [0.25, 0.3) is 0 Å². The summed E-state index contributed by atoms with van der Waals surface area (Å²) in [5.41, 5.74) is 0. The Morgan fingerprint density at radius 3 is 2.44 bits per heavy atom. The van der Waals surface area contributed by atoms with E-state index in [4.69, 9.17) is 6.42 Å². The topological polar surface area (TPSA) is 4.93 Å². The zero-order valence-corrected chi connectivity index (χ0v) is 5.41. The van der Waals surface area contributed by atoms with Gasteiger partial charge in [-0.1, -0.05) is 5.92 Å². The summed E-state index contributed by atoms with van der Waals surface area (Å²) < 4.78 is 1.99. The number of rotatable bonds is 1. The van der Waals surface area contributed by atoms with Crippen molar-refractivity contribution in [1.82, 2.24) is 4.57 Å². The van der Waals surface area contributed by atoms with Gasteiger partial charge in [-0.15, -0.1) is 6.42 Å². The van der Waals surface area contributed by atoms with Crippen molar-refractivity contribution < 1.29 is 0 Å². The Labute approximate surface area is 55.3 Å². The Morgan fingerprint density at radius 1 is 1.44 bits per heavy atom. The summed E-state index contributed by atoms with van der Waals surface area (Å²) in [4.78, 5) is 0. The summed E-state index contributed by atoms with van der Waals surface area (Å²) in [5, 5.41) is 0. The molecule has 0 radical (unpaired) electrons. The Balaban J connectivity index is 2.80. The minimum absolute atomic E-state index is 0.181. The number of hydrogen-bond donors (Lipinski definition) is 0. The van der Waals surface area contributed by atoms with Gasteiger partial charge in [0, 0.05) is 12.4 Å². The lowest BCUT2D eigenvalue weighted by molar-refractivity contribution is 0.687. The number of aromatic nitrogens is 1. The van der Waals surface area contributed by atoms with Crippen LogP contribution in [0.2, 0.25) is 0 Å². The van der Waals surface area contributed by atoms with E-state index in [1.165, 1.54) is 0 Å². The maximum Gasteiger partial charge on any atom is 0.0910 e. The first-order valence-corrected chi connectivity index (χ1v) is 2.93. The molecule has 1 atom stereocenters. The monoisotopic (exact) mass is 119 g/mol. The van der Waals surface area contributed by atoms with E-state index in [1.807, 2.05) is 36.0 Å². The van der Waals surface area contributed by atoms with Crippen molar-refractivity contribution in [2.75, 3.05) is 0 Å². The average molecular weight is 119 g/mol. The SMILES string of the molecule is C#CC(C)n1cccc1. The van der Waals surface area contributed by atoms with Gasteiger partial charge in [-0.2, -0.15) is 0 Å². The van der Waals surface area contributed by atoms with Crippen LogP contribution in [-0.4, -0.2) is 4.57 Å². The molecular weight excluding hydrogens is 110 g/mol. The minimum Gasteiger partial charge on any atom is -0.340 e. The lowest BCUT2D eigenvalue weighted by Gasteiger charge is -2.03. The molecule has 0 saturated heterocycles. The molecule has 0 aliphatic heterocycles. The molecule has 0 aliphatic rings. The van der Waals surface area contributed by atoms with Gasteiger partial charge >= 0.3 is 0 Å². The van der Waals surface area contributed by atoms with E-state index < -0.39 is 0 Å². The largest absolute Gasteiger partial charge is 0.340 e. The summed E-state index contributed by atoms with van der Waals surface area (Å²) >= 11 is 0. The van der Waals surface area contributed by atoms with Gasteiger partial charge in [0.1, 0.15) is 0 Å². The molecule has 46 valence electrons. The summed E-state index contributed by atoms with van der Waals surface area (Å²) in [6.07, 6.45) is 9.12. The van der Waals surface area contributed by atoms with E-state index in [0.717, 1.165) is 0 Å². The molecule has 1 aromatic heterocycles. The molecule has 0 N–H and O–H groups in total. The number of nitrogens with zero attached hydrogens (tertiary/aromatic N) is 1. The van der Waals surface area contributed by atoms with E-state index >= 15 is 0 Å². The van der Waals surface area contributed by atoms with Crippen LogP contribution < -0.4 is 0 Å². The molecule has 0 aromatic carbocycles. The molecule has 0 spiro atoms. The zero-order valence-electron chi connectivity index (χ0n) is 5.41. The van der Waals surface area contributed by atoms with Gasteiger partial charge in [0.05, 0.1) is 6.04 Å². The zero-order chi connectivity index (χ0) is 6.69. The van der Waals surface area contributed by atoms with Gasteiger partial charge in [0.2, 0.25) is 0 Å². The predicted octanol–water partition coefficient (Wildman–Crippen LogP) is 1.68. The maximum absolute atomic E-state index is 5.19. The van der Waals surface area contributed by atoms with E-state index in [2.05, 4.69) is 5.92 Å². The highest BCUT2D eigenvalue weighted by atomic mass is 15.0. The van der Waals surface area contributed by atoms with Gasteiger partial charge < -0.3 is 4.57 Å². The Morgan fingerprint density at radius 2 is 2.00 bits per heavy atom. The van der Waals surface area contributed by atoms with Crippen LogP contribution in [0.5, 0.6) is 0 Å². The van der Waals surface area contributed by atoms with Crippen molar-refractivity contribution in [3.05, 3.63) is 24.5 Å². The summed E-state index contributed by atoms with van der Waals surface area (Å²) in [7, 11) is 0. The molecule has 1 unspecified atom stereocenters. The van der Waals surface area contributed by atoms with Crippen LogP contribution in [0.1, 0.15) is 13.0 Å². The predicted molar refractivity (Wildman–Crippen MR) is 38.0 cm³/mol. The van der Waals surface area contributed by atoms with Crippen molar-refractivity contribution in [2.24, 2.45) is 0 Å². The van der Waals surface area contributed by atoms with Crippen LogP contribution >= 0.6 is 0 Å². The highest BCUT2D eigenvalue weighted by Gasteiger charge is 1.93. The fraction of sp³-hybridized carbons (Fsp3) is 0.250. The highest BCUT2D eigenvalue weighted by molar-refractivity contribution is 5.01. The molecule has 1 heteroatoms. The van der Waals surface area contributed by atoms with E-state index in [-0.39, 0.29) is 6.04 Å². The molecule has 1 rings (SSSR count). The van der Waals surface area contributed by atoms with E-state index in [9.17, 15) is 0 Å². The normalized spacial score (nSPS) is 12.4. The Bertz CT molecular complexity index is 203. The molecule has 0 fully saturated rings. The first-order valence-electron chi connectivity index (χ1n) is 2.93. The second-order valence-corrected chi connectivity index (χ2v) is 1.97. The lowest BCUT2D eigenvalue weighted by atomic mass is 10.4. The molecule has 1 heterocycles. The molecule has 1 aromatic rings. The highest BCUT2D eigenvalue weighted by Crippen LogP contribution is 2.01. The fourth-order valence-corrected chi connectivity index (χ4v) is 0.692. The molecular formula is C8H9N. The number of terminal acetylenes is 1. The standard InChI is InChI=1S/C8H9N/c1-3-8(2)9-6-4-5-7-9/h1,4-8H,2H3. The average Bonchev–Trinajstić information content (AvgIpc) is 2.37. The second kappa shape index (κ2) is 2.41. The van der Waals surface area contributed by atoms with Crippen LogP contribution in [0, 0.1) is 12.3 Å². The molecule has 0 amide bonds. The molecule has 0 aliphatic carbocycles. The van der Waals surface area contributed by atoms with Crippen molar-refractivity contribution in [3.8, 4) is 12.3 Å². The molecule has 0 saturated carbocycles. The fourth-order valence-electron chi connectivity index (χ4n) is 0.692. The number of hydrogen-bond acceptors (Lipinski definition) is 0. The lowest BCUT2D eigenvalue weighted by Crippen LogP contribution is -1.97. The third-order valence-corrected chi connectivity index (χ3v) is 1.32. The van der Waals surface area contributed by atoms with Crippen LogP contribution in [0.3, 0.4) is 0 Å². The molecule has 0 bridgehead atoms. The molecule has 1 nitrogen and oxygen atoms in total. The first kappa shape index (κ1) is 5.97. The van der Waals surface area contributed by atoms with Crippen LogP contribution in [0.15, 0.2) is 24.5 Å². The summed E-state index contributed by atoms with van der Waals surface area (Å²) in [6, 6.07) is 4.11. The third-order valence-electron chi connectivity index (χ3n) is 1.32. The van der Waals surface area contributed by atoms with E-state index in [0.29, 0.717) is 0 Å². The van der Waals surface area contributed by atoms with Gasteiger partial charge in [-0.05, 0) is 19.1 Å². The second-order valence-electron chi connectivity index (χ2n) is 1.97. The van der Waals surface area contributed by atoms with Crippen LogP contribution in [0.4, 0.5) is 0 Å². The van der Waals surface area contributed by atoms with Gasteiger partial charge in [0.15, 0.2) is 0 Å². The maximum atomic E-state index is 5.19. The quantitative estimate of drug-likeness (QED) is 0.496. The van der Waals surface area contributed by atoms with Crippen molar-refractivity contribution in [3.63, 3.8) is 0 Å². The minimum atomic E-state index is 0.181. The smallest absolute Gasteiger partial charge is 0.0910 e. The third kappa shape index (κ3) is 1.14. The van der Waals surface area contributed by atoms with Crippen molar-refractivity contribution in [2.45, 2.75) is 13.0 Å². The Kier molecular flexibility index (Phi) is 1.60. The first-order chi connectivity index (χ1) is 4.34. The Hall–Kier alpha value is -1.16. The molecule has 9 heavy (non-hydrogen) atoms. The summed E-state index contributed by atoms with van der Waals surface area (Å²) in [6.45, 7) is 1.99. The summed E-state index contributed by atoms with van der Waals surface area (Å²) in [5.74, 6) is 2.63. The van der Waals surface area contributed by atoms with Crippen LogP contribution in [-0.2, 0) is 0 Å². The van der Waals surface area contributed by atoms with E-state index in [1.54, 1.807) is 0 Å². The van der Waals surface area contributed by atoms with Crippen molar-refractivity contribution >= 4 is 0 Å². The van der Waals surface area contributed by atoms with Gasteiger partial charge in [-0.25, -0.2) is 0 Å². The van der Waals surface area contributed by atoms with Crippen molar-refractivity contribution in [1.29, 1.82) is 0 Å². The van der Waals surface area contributed by atoms with Gasteiger partial charge in [0.25, 0.3) is 0 Å².